The number of esters is 1. The number of likely N-dealkylation sites (N-methyl/N-ethyl adjacent to an activating group) is 2. The molecule has 5 nitrogen and oxygen atoms in total. The van der Waals surface area contributed by atoms with E-state index in [9.17, 15) is 18.4 Å². The predicted octanol–water partition coefficient (Wildman–Crippen LogP) is 2.90. The van der Waals surface area contributed by atoms with Crippen molar-refractivity contribution < 1.29 is 23.1 Å². The highest BCUT2D eigenvalue weighted by Crippen LogP contribution is 2.31. The summed E-state index contributed by atoms with van der Waals surface area (Å²) in [5.41, 5.74) is -0.462. The van der Waals surface area contributed by atoms with Crippen molar-refractivity contribution >= 4 is 11.9 Å². The Hall–Kier alpha value is -2.02. The van der Waals surface area contributed by atoms with Gasteiger partial charge in [-0.05, 0) is 38.4 Å². The van der Waals surface area contributed by atoms with Gasteiger partial charge in [-0.3, -0.25) is 9.59 Å². The molecule has 1 saturated carbocycles. The number of amides is 1. The number of hydrogen-bond donors (Lipinski definition) is 1. The van der Waals surface area contributed by atoms with E-state index in [2.05, 4.69) is 5.32 Å². The zero-order valence-electron chi connectivity index (χ0n) is 15.7. The number of hydrogen-bond acceptors (Lipinski definition) is 4. The van der Waals surface area contributed by atoms with Crippen molar-refractivity contribution in [3.63, 3.8) is 0 Å². The Morgan fingerprint density at radius 2 is 1.77 bits per heavy atom. The fourth-order valence-corrected chi connectivity index (χ4v) is 3.08. The zero-order valence-corrected chi connectivity index (χ0v) is 15.7. The van der Waals surface area contributed by atoms with Crippen molar-refractivity contribution in [2.45, 2.75) is 45.1 Å². The third-order valence-electron chi connectivity index (χ3n) is 4.19. The van der Waals surface area contributed by atoms with Crippen LogP contribution in [-0.2, 0) is 14.3 Å². The van der Waals surface area contributed by atoms with Crippen LogP contribution >= 0.6 is 0 Å². The molecule has 1 aromatic carbocycles. The monoisotopic (exact) mass is 370 g/mol. The minimum absolute atomic E-state index is 0.00917. The Morgan fingerprint density at radius 1 is 1.19 bits per heavy atom. The van der Waals surface area contributed by atoms with Gasteiger partial charge in [-0.25, -0.2) is 8.78 Å². The molecule has 26 heavy (non-hydrogen) atoms. The first-order valence-electron chi connectivity index (χ1n) is 8.92. The van der Waals surface area contributed by atoms with Gasteiger partial charge in [-0.1, -0.05) is 25.8 Å². The molecule has 0 unspecified atom stereocenters. The first kappa shape index (κ1) is 22.0. The quantitative estimate of drug-likeness (QED) is 0.783. The lowest BCUT2D eigenvalue weighted by Crippen LogP contribution is -2.56. The third kappa shape index (κ3) is 6.71. The number of halogens is 2. The van der Waals surface area contributed by atoms with Gasteiger partial charge in [0, 0.05) is 13.1 Å². The average Bonchev–Trinajstić information content (AvgIpc) is 3.04. The fourth-order valence-electron chi connectivity index (χ4n) is 3.08. The Morgan fingerprint density at radius 3 is 2.19 bits per heavy atom. The standard InChI is InChI=1S/C13H24N2O3.C6H4F2/c1-4-14-13(8-6-7-9-13)12(17)15(3)10-11(16)18-5-2;7-5-2-1-3-6(8)4-5/h14H,4-10H2,1-3H3;1-4H. The van der Waals surface area contributed by atoms with Crippen molar-refractivity contribution in [3.05, 3.63) is 35.9 Å². The van der Waals surface area contributed by atoms with E-state index < -0.39 is 17.2 Å². The van der Waals surface area contributed by atoms with Gasteiger partial charge in [-0.15, -0.1) is 0 Å². The van der Waals surface area contributed by atoms with Gasteiger partial charge >= 0.3 is 5.97 Å². The van der Waals surface area contributed by atoms with Crippen LogP contribution in [0.25, 0.3) is 0 Å². The summed E-state index contributed by atoms with van der Waals surface area (Å²) in [6.07, 6.45) is 3.83. The van der Waals surface area contributed by atoms with Crippen LogP contribution in [0.3, 0.4) is 0 Å². The van der Waals surface area contributed by atoms with Crippen molar-refractivity contribution in [2.24, 2.45) is 0 Å². The molecule has 1 aliphatic rings. The molecule has 1 aromatic rings. The second kappa shape index (κ2) is 10.9. The summed E-state index contributed by atoms with van der Waals surface area (Å²) in [5.74, 6) is -1.41. The second-order valence-corrected chi connectivity index (χ2v) is 6.23. The highest BCUT2D eigenvalue weighted by atomic mass is 19.1. The van der Waals surface area contributed by atoms with Gasteiger partial charge in [0.2, 0.25) is 5.91 Å². The van der Waals surface area contributed by atoms with Crippen LogP contribution in [0.2, 0.25) is 0 Å². The van der Waals surface area contributed by atoms with E-state index in [1.165, 1.54) is 23.1 Å². The van der Waals surface area contributed by atoms with Gasteiger partial charge < -0.3 is 15.0 Å². The molecule has 0 heterocycles. The first-order chi connectivity index (χ1) is 12.3. The summed E-state index contributed by atoms with van der Waals surface area (Å²) in [6.45, 7) is 4.90. The Bertz CT molecular complexity index is 573. The Kier molecular flexibility index (Phi) is 9.19. The minimum atomic E-state index is -0.537. The summed E-state index contributed by atoms with van der Waals surface area (Å²) in [4.78, 5) is 25.3. The maximum atomic E-state index is 12.5. The van der Waals surface area contributed by atoms with Crippen LogP contribution in [0.15, 0.2) is 24.3 Å². The molecule has 0 bridgehead atoms. The number of carbonyl (C=O) groups excluding carboxylic acids is 2. The molecular formula is C19H28F2N2O3. The minimum Gasteiger partial charge on any atom is -0.465 e. The molecule has 1 aliphatic carbocycles. The Balaban J connectivity index is 0.000000350. The second-order valence-electron chi connectivity index (χ2n) is 6.23. The van der Waals surface area contributed by atoms with Gasteiger partial charge in [0.1, 0.15) is 18.2 Å². The molecule has 0 spiro atoms. The zero-order chi connectivity index (χ0) is 19.6. The van der Waals surface area contributed by atoms with Crippen molar-refractivity contribution in [2.75, 3.05) is 26.7 Å². The van der Waals surface area contributed by atoms with Crippen molar-refractivity contribution in [1.29, 1.82) is 0 Å². The lowest BCUT2D eigenvalue weighted by Gasteiger charge is -2.32. The van der Waals surface area contributed by atoms with Gasteiger partial charge in [0.25, 0.3) is 0 Å². The van der Waals surface area contributed by atoms with Gasteiger partial charge in [-0.2, -0.15) is 0 Å². The van der Waals surface area contributed by atoms with E-state index in [1.54, 1.807) is 14.0 Å². The molecular weight excluding hydrogens is 342 g/mol. The maximum Gasteiger partial charge on any atom is 0.325 e. The number of nitrogens with zero attached hydrogens (tertiary/aromatic N) is 1. The molecule has 0 aliphatic heterocycles. The van der Waals surface area contributed by atoms with E-state index >= 15 is 0 Å². The molecule has 2 rings (SSSR count). The normalized spacial score (nSPS) is 15.0. The van der Waals surface area contributed by atoms with Crippen LogP contribution in [0.1, 0.15) is 39.5 Å². The average molecular weight is 370 g/mol. The fraction of sp³-hybridized carbons (Fsp3) is 0.579. The number of carbonyl (C=O) groups is 2. The number of rotatable bonds is 6. The number of benzene rings is 1. The highest BCUT2D eigenvalue weighted by Gasteiger charge is 2.42. The molecule has 0 radical (unpaired) electrons. The number of nitrogens with one attached hydrogen (secondary N) is 1. The first-order valence-corrected chi connectivity index (χ1v) is 8.92. The highest BCUT2D eigenvalue weighted by molar-refractivity contribution is 5.89. The van der Waals surface area contributed by atoms with Crippen LogP contribution < -0.4 is 5.32 Å². The molecule has 0 saturated heterocycles. The topological polar surface area (TPSA) is 58.6 Å². The molecule has 1 N–H and O–H groups in total. The van der Waals surface area contributed by atoms with Crippen molar-refractivity contribution in [3.8, 4) is 0 Å². The van der Waals surface area contributed by atoms with Crippen LogP contribution in [0.5, 0.6) is 0 Å². The molecule has 7 heteroatoms. The maximum absolute atomic E-state index is 12.5. The largest absolute Gasteiger partial charge is 0.465 e. The van der Waals surface area contributed by atoms with Crippen LogP contribution in [-0.4, -0.2) is 49.1 Å². The summed E-state index contributed by atoms with van der Waals surface area (Å²) in [7, 11) is 1.66. The summed E-state index contributed by atoms with van der Waals surface area (Å²) in [6, 6.07) is 4.55. The third-order valence-corrected chi connectivity index (χ3v) is 4.19. The van der Waals surface area contributed by atoms with Gasteiger partial charge in [0.15, 0.2) is 0 Å². The van der Waals surface area contributed by atoms with Crippen LogP contribution in [0, 0.1) is 11.6 Å². The molecule has 1 fully saturated rings. The Labute approximate surface area is 153 Å². The molecule has 0 atom stereocenters. The van der Waals surface area contributed by atoms with Gasteiger partial charge in [0.05, 0.1) is 12.1 Å². The van der Waals surface area contributed by atoms with E-state index in [4.69, 9.17) is 4.74 Å². The summed E-state index contributed by atoms with van der Waals surface area (Å²) in [5, 5.41) is 3.30. The van der Waals surface area contributed by atoms with Crippen molar-refractivity contribution in [1.82, 2.24) is 10.2 Å². The summed E-state index contributed by atoms with van der Waals surface area (Å²) >= 11 is 0. The SMILES string of the molecule is CCNC1(C(=O)N(C)CC(=O)OCC)CCCC1.Fc1cccc(F)c1. The van der Waals surface area contributed by atoms with E-state index in [-0.39, 0.29) is 18.4 Å². The smallest absolute Gasteiger partial charge is 0.325 e. The predicted molar refractivity (Wildman–Crippen MR) is 95.5 cm³/mol. The molecule has 1 amide bonds. The molecule has 146 valence electrons. The lowest BCUT2D eigenvalue weighted by molar-refractivity contribution is -0.150. The molecule has 0 aromatic heterocycles. The van der Waals surface area contributed by atoms with Crippen LogP contribution in [0.4, 0.5) is 8.78 Å². The van der Waals surface area contributed by atoms with E-state index in [1.807, 2.05) is 6.92 Å². The summed E-state index contributed by atoms with van der Waals surface area (Å²) < 4.78 is 28.7. The van der Waals surface area contributed by atoms with E-state index in [0.29, 0.717) is 6.61 Å². The number of ether oxygens (including phenoxy) is 1. The van der Waals surface area contributed by atoms with E-state index in [0.717, 1.165) is 38.3 Å². The lowest BCUT2D eigenvalue weighted by atomic mass is 9.95.